The maximum Gasteiger partial charge on any atom is 0.339 e. The minimum absolute atomic E-state index is 0.0723. The molecule has 0 aliphatic heterocycles. The maximum absolute atomic E-state index is 12.4. The Morgan fingerprint density at radius 3 is 2.45 bits per heavy atom. The highest BCUT2D eigenvalue weighted by molar-refractivity contribution is 6.01. The van der Waals surface area contributed by atoms with Crippen LogP contribution < -0.4 is 5.32 Å². The number of benzene rings is 2. The fourth-order valence-corrected chi connectivity index (χ4v) is 3.67. The summed E-state index contributed by atoms with van der Waals surface area (Å²) in [6.07, 6.45) is 4.63. The molecule has 0 saturated carbocycles. The van der Waals surface area contributed by atoms with Gasteiger partial charge in [-0.15, -0.1) is 0 Å². The van der Waals surface area contributed by atoms with E-state index >= 15 is 0 Å². The van der Waals surface area contributed by atoms with Crippen LogP contribution in [0.25, 0.3) is 16.9 Å². The molecule has 0 saturated heterocycles. The fraction of sp³-hybridized carbons (Fsp3) is 0.167. The number of aromatic nitrogens is 4. The highest BCUT2D eigenvalue weighted by atomic mass is 16.6. The van der Waals surface area contributed by atoms with Gasteiger partial charge in [0.25, 0.3) is 5.69 Å². The number of esters is 1. The van der Waals surface area contributed by atoms with Gasteiger partial charge < -0.3 is 10.1 Å². The third kappa shape index (κ3) is 5.70. The molecule has 0 spiro atoms. The number of nitro groups is 2. The quantitative estimate of drug-likeness (QED) is 0.185. The first-order chi connectivity index (χ1) is 18.3. The van der Waals surface area contributed by atoms with Crippen LogP contribution in [-0.2, 0) is 16.1 Å². The van der Waals surface area contributed by atoms with E-state index in [2.05, 4.69) is 15.5 Å². The Morgan fingerprint density at radius 2 is 1.76 bits per heavy atom. The minimum Gasteiger partial charge on any atom is -0.465 e. The number of amides is 1. The van der Waals surface area contributed by atoms with Gasteiger partial charge in [-0.25, -0.2) is 9.48 Å². The van der Waals surface area contributed by atoms with Crippen molar-refractivity contribution in [3.8, 4) is 16.9 Å². The zero-order valence-corrected chi connectivity index (χ0v) is 20.0. The van der Waals surface area contributed by atoms with Crippen LogP contribution in [-0.4, -0.2) is 48.4 Å². The van der Waals surface area contributed by atoms with Crippen LogP contribution in [0.15, 0.2) is 67.1 Å². The Hall–Kier alpha value is -5.40. The third-order valence-corrected chi connectivity index (χ3v) is 5.52. The van der Waals surface area contributed by atoms with Crippen LogP contribution in [0.4, 0.5) is 17.1 Å². The van der Waals surface area contributed by atoms with Gasteiger partial charge >= 0.3 is 11.7 Å². The number of non-ortho nitro benzene ring substituents is 1. The molecule has 0 radical (unpaired) electrons. The third-order valence-electron chi connectivity index (χ3n) is 5.52. The smallest absolute Gasteiger partial charge is 0.339 e. The molecule has 38 heavy (non-hydrogen) atoms. The van der Waals surface area contributed by atoms with Crippen molar-refractivity contribution in [1.29, 1.82) is 0 Å². The molecule has 194 valence electrons. The number of hydrogen-bond acceptors (Lipinski definition) is 9. The van der Waals surface area contributed by atoms with E-state index in [-0.39, 0.29) is 41.5 Å². The van der Waals surface area contributed by atoms with Crippen LogP contribution in [0.5, 0.6) is 0 Å². The molecule has 0 aliphatic rings. The van der Waals surface area contributed by atoms with Gasteiger partial charge in [0.1, 0.15) is 6.20 Å². The molecule has 0 unspecified atom stereocenters. The van der Waals surface area contributed by atoms with Crippen molar-refractivity contribution in [2.24, 2.45) is 0 Å². The Morgan fingerprint density at radius 1 is 1.03 bits per heavy atom. The van der Waals surface area contributed by atoms with Gasteiger partial charge in [-0.1, -0.05) is 12.1 Å². The van der Waals surface area contributed by atoms with Gasteiger partial charge in [0.05, 0.1) is 40.1 Å². The summed E-state index contributed by atoms with van der Waals surface area (Å²) in [6.45, 7) is 0.226. The fourth-order valence-electron chi connectivity index (χ4n) is 3.67. The summed E-state index contributed by atoms with van der Waals surface area (Å²) in [7, 11) is 1.25. The molecule has 0 bridgehead atoms. The largest absolute Gasteiger partial charge is 0.465 e. The second-order valence-electron chi connectivity index (χ2n) is 8.02. The molecular weight excluding hydrogens is 498 g/mol. The second-order valence-corrected chi connectivity index (χ2v) is 8.02. The maximum atomic E-state index is 12.4. The first-order valence-corrected chi connectivity index (χ1v) is 11.3. The zero-order chi connectivity index (χ0) is 27.2. The molecule has 0 atom stereocenters. The van der Waals surface area contributed by atoms with E-state index in [9.17, 15) is 29.8 Å². The summed E-state index contributed by atoms with van der Waals surface area (Å²) in [5.41, 5.74) is 1.26. The lowest BCUT2D eigenvalue weighted by Gasteiger charge is -2.09. The van der Waals surface area contributed by atoms with E-state index in [0.717, 1.165) is 0 Å². The molecule has 2 aromatic carbocycles. The molecule has 0 aliphatic carbocycles. The molecule has 1 amide bonds. The SMILES string of the molecule is COC(=O)c1ccccc1NC(=O)CCCn1cc([N+](=O)[O-])c(-c2cnn(-c3ccc([N+](=O)[O-])cc3)c2)n1. The van der Waals surface area contributed by atoms with E-state index in [1.165, 1.54) is 65.4 Å². The summed E-state index contributed by atoms with van der Waals surface area (Å²) in [6, 6.07) is 12.1. The summed E-state index contributed by atoms with van der Waals surface area (Å²) < 4.78 is 7.53. The Kier molecular flexibility index (Phi) is 7.51. The van der Waals surface area contributed by atoms with E-state index in [1.54, 1.807) is 18.2 Å². The highest BCUT2D eigenvalue weighted by Gasteiger charge is 2.23. The highest BCUT2D eigenvalue weighted by Crippen LogP contribution is 2.29. The van der Waals surface area contributed by atoms with Gasteiger partial charge in [-0.3, -0.25) is 29.7 Å². The molecule has 0 fully saturated rings. The number of anilines is 1. The monoisotopic (exact) mass is 519 g/mol. The minimum atomic E-state index is -0.575. The van der Waals surface area contributed by atoms with Gasteiger partial charge in [-0.2, -0.15) is 10.2 Å². The van der Waals surface area contributed by atoms with Gasteiger partial charge in [0, 0.05) is 36.9 Å². The van der Waals surface area contributed by atoms with Crippen LogP contribution in [0, 0.1) is 20.2 Å². The number of carbonyl (C=O) groups is 2. The number of carbonyl (C=O) groups excluding carboxylic acids is 2. The lowest BCUT2D eigenvalue weighted by Crippen LogP contribution is -2.15. The molecule has 14 nitrogen and oxygen atoms in total. The first-order valence-electron chi connectivity index (χ1n) is 11.3. The molecule has 4 rings (SSSR count). The lowest BCUT2D eigenvalue weighted by atomic mass is 10.1. The Bertz CT molecular complexity index is 1510. The number of nitrogens with one attached hydrogen (secondary N) is 1. The summed E-state index contributed by atoms with van der Waals surface area (Å²) in [4.78, 5) is 45.7. The Labute approximate surface area is 214 Å². The number of rotatable bonds is 10. The van der Waals surface area contributed by atoms with Crippen LogP contribution in [0.2, 0.25) is 0 Å². The average Bonchev–Trinajstić information content (AvgIpc) is 3.56. The standard InChI is InChI=1S/C24H21N7O7/c1-38-24(33)19-5-2-3-6-20(19)26-22(32)7-4-12-28-15-21(31(36)37)23(27-28)16-13-25-29(14-16)17-8-10-18(11-9-17)30(34)35/h2-3,5-6,8-11,13-15H,4,7,12H2,1H3,(H,26,32). The number of methoxy groups -OCH3 is 1. The molecule has 1 N–H and O–H groups in total. The molecule has 2 heterocycles. The van der Waals surface area contributed by atoms with Crippen molar-refractivity contribution in [3.63, 3.8) is 0 Å². The predicted octanol–water partition coefficient (Wildman–Crippen LogP) is 3.76. The van der Waals surface area contributed by atoms with E-state index in [0.29, 0.717) is 23.4 Å². The normalized spacial score (nSPS) is 10.7. The number of hydrogen-bond donors (Lipinski definition) is 1. The number of aryl methyl sites for hydroxylation is 1. The predicted molar refractivity (Wildman–Crippen MR) is 134 cm³/mol. The molecular formula is C24H21N7O7. The number of para-hydroxylation sites is 1. The average molecular weight is 519 g/mol. The lowest BCUT2D eigenvalue weighted by molar-refractivity contribution is -0.384. The molecule has 14 heteroatoms. The second kappa shape index (κ2) is 11.1. The number of nitrogens with zero attached hydrogens (tertiary/aromatic N) is 6. The van der Waals surface area contributed by atoms with Crippen LogP contribution in [0.1, 0.15) is 23.2 Å². The van der Waals surface area contributed by atoms with Crippen molar-refractivity contribution in [2.75, 3.05) is 12.4 Å². The Balaban J connectivity index is 1.43. The van der Waals surface area contributed by atoms with Gasteiger partial charge in [0.15, 0.2) is 5.69 Å². The summed E-state index contributed by atoms with van der Waals surface area (Å²) in [5, 5.41) is 33.7. The van der Waals surface area contributed by atoms with Gasteiger partial charge in [-0.05, 0) is 30.7 Å². The molecule has 4 aromatic rings. The van der Waals surface area contributed by atoms with Crippen LogP contribution in [0.3, 0.4) is 0 Å². The van der Waals surface area contributed by atoms with Crippen LogP contribution >= 0.6 is 0 Å². The number of nitro benzene ring substituents is 1. The van der Waals surface area contributed by atoms with E-state index in [4.69, 9.17) is 4.74 Å². The topological polar surface area (TPSA) is 177 Å². The first kappa shape index (κ1) is 25.7. The zero-order valence-electron chi connectivity index (χ0n) is 20.0. The van der Waals surface area contributed by atoms with Gasteiger partial charge in [0.2, 0.25) is 5.91 Å². The number of ether oxygens (including phenoxy) is 1. The van der Waals surface area contributed by atoms with Crippen molar-refractivity contribution in [3.05, 3.63) is 92.9 Å². The summed E-state index contributed by atoms with van der Waals surface area (Å²) in [5.74, 6) is -0.915. The van der Waals surface area contributed by atoms with Crippen molar-refractivity contribution < 1.29 is 24.2 Å². The van der Waals surface area contributed by atoms with E-state index < -0.39 is 15.8 Å². The van der Waals surface area contributed by atoms with Crippen molar-refractivity contribution >= 4 is 28.9 Å². The molecule has 2 aromatic heterocycles. The van der Waals surface area contributed by atoms with E-state index in [1.807, 2.05) is 0 Å². The van der Waals surface area contributed by atoms with Crippen molar-refractivity contribution in [1.82, 2.24) is 19.6 Å². The summed E-state index contributed by atoms with van der Waals surface area (Å²) >= 11 is 0. The van der Waals surface area contributed by atoms with Crippen molar-refractivity contribution in [2.45, 2.75) is 19.4 Å².